The first-order valence-electron chi connectivity index (χ1n) is 10.3. The molecule has 2 aliphatic rings. The number of hydrogen-bond acceptors (Lipinski definition) is 4. The van der Waals surface area contributed by atoms with Crippen LogP contribution in [0, 0.1) is 0 Å². The lowest BCUT2D eigenvalue weighted by Gasteiger charge is -2.34. The van der Waals surface area contributed by atoms with Crippen LogP contribution in [-0.4, -0.2) is 37.6 Å². The maximum atomic E-state index is 6.30. The molecule has 0 aromatic carbocycles. The molecule has 2 aromatic heterocycles. The minimum absolute atomic E-state index is 0.0313. The van der Waals surface area contributed by atoms with Gasteiger partial charge in [-0.15, -0.1) is 16.7 Å². The first-order valence-corrected chi connectivity index (χ1v) is 10.7. The second-order valence-corrected chi connectivity index (χ2v) is 9.58. The molecule has 5 nitrogen and oxygen atoms in total. The van der Waals surface area contributed by atoms with Gasteiger partial charge in [-0.3, -0.25) is 0 Å². The molecule has 2 heterocycles. The molecule has 0 radical (unpaired) electrons. The summed E-state index contributed by atoms with van der Waals surface area (Å²) in [6.45, 7) is 6.72. The van der Waals surface area contributed by atoms with Gasteiger partial charge in [0.25, 0.3) is 0 Å². The molecule has 1 fully saturated rings. The van der Waals surface area contributed by atoms with Gasteiger partial charge in [0.1, 0.15) is 5.82 Å². The fourth-order valence-electron chi connectivity index (χ4n) is 4.20. The van der Waals surface area contributed by atoms with E-state index < -0.39 is 0 Å². The van der Waals surface area contributed by atoms with Crippen LogP contribution in [0.25, 0.3) is 11.2 Å². The van der Waals surface area contributed by atoms with E-state index in [0.29, 0.717) is 12.1 Å². The molecule has 0 spiro atoms. The van der Waals surface area contributed by atoms with Crippen molar-refractivity contribution in [3.05, 3.63) is 42.3 Å². The lowest BCUT2D eigenvalue weighted by Crippen LogP contribution is -2.46. The number of fused-ring (bicyclic) bond motifs is 1. The van der Waals surface area contributed by atoms with Crippen molar-refractivity contribution in [1.82, 2.24) is 19.9 Å². The Morgan fingerprint density at radius 2 is 1.86 bits per heavy atom. The van der Waals surface area contributed by atoms with E-state index in [0.717, 1.165) is 36.4 Å². The molecular weight excluding hydrogens is 370 g/mol. The van der Waals surface area contributed by atoms with Crippen molar-refractivity contribution in [3.63, 3.8) is 0 Å². The molecule has 28 heavy (non-hydrogen) atoms. The lowest BCUT2D eigenvalue weighted by molar-refractivity contribution is 0.286. The highest BCUT2D eigenvalue weighted by atomic mass is 35.5. The summed E-state index contributed by atoms with van der Waals surface area (Å²) < 4.78 is 1.93. The average molecular weight is 400 g/mol. The zero-order valence-corrected chi connectivity index (χ0v) is 17.7. The van der Waals surface area contributed by atoms with Crippen molar-refractivity contribution in [3.8, 4) is 0 Å². The number of alkyl halides is 1. The molecule has 2 N–H and O–H groups in total. The average Bonchev–Trinajstić information content (AvgIpc) is 3.05. The van der Waals surface area contributed by atoms with Crippen molar-refractivity contribution >= 4 is 28.6 Å². The van der Waals surface area contributed by atoms with Gasteiger partial charge < -0.3 is 10.6 Å². The number of aromatic nitrogens is 3. The summed E-state index contributed by atoms with van der Waals surface area (Å²) in [6.07, 6.45) is 13.5. The van der Waals surface area contributed by atoms with E-state index in [1.807, 2.05) is 35.0 Å². The van der Waals surface area contributed by atoms with Gasteiger partial charge in [-0.05, 0) is 70.6 Å². The van der Waals surface area contributed by atoms with Gasteiger partial charge in [-0.2, -0.15) is 0 Å². The zero-order valence-electron chi connectivity index (χ0n) is 17.0. The maximum absolute atomic E-state index is 6.30. The van der Waals surface area contributed by atoms with Crippen LogP contribution in [0.15, 0.2) is 36.6 Å². The van der Waals surface area contributed by atoms with Gasteiger partial charge >= 0.3 is 0 Å². The fraction of sp³-hybridized carbons (Fsp3) is 0.545. The molecule has 150 valence electrons. The smallest absolute Gasteiger partial charge is 0.154 e. The van der Waals surface area contributed by atoms with Crippen molar-refractivity contribution in [2.75, 3.05) is 5.32 Å². The highest BCUT2D eigenvalue weighted by Crippen LogP contribution is 2.27. The van der Waals surface area contributed by atoms with Crippen LogP contribution in [0.5, 0.6) is 0 Å². The van der Waals surface area contributed by atoms with Crippen LogP contribution < -0.4 is 10.6 Å². The Labute approximate surface area is 172 Å². The monoisotopic (exact) mass is 399 g/mol. The van der Waals surface area contributed by atoms with Gasteiger partial charge in [0.15, 0.2) is 5.65 Å². The van der Waals surface area contributed by atoms with Crippen molar-refractivity contribution < 1.29 is 0 Å². The Balaban J connectivity index is 1.45. The van der Waals surface area contributed by atoms with E-state index in [-0.39, 0.29) is 10.9 Å². The first-order chi connectivity index (χ1) is 13.4. The standard InChI is InChI=1S/C22H30ClN5/c1-22(2,3)26-18-9-7-17(8-10-18)25-20-11-12-21-24-14-19(28(21)27-20)15-5-4-6-16(23)13-15/h4-6,11-12,14,16-18,26H,7-10,13H2,1-3H3,(H,25,27). The third-order valence-corrected chi connectivity index (χ3v) is 5.74. The summed E-state index contributed by atoms with van der Waals surface area (Å²) >= 11 is 6.30. The molecule has 4 rings (SSSR count). The van der Waals surface area contributed by atoms with Crippen LogP contribution in [0.1, 0.15) is 58.6 Å². The molecule has 1 atom stereocenters. The molecule has 6 heteroatoms. The molecule has 2 aromatic rings. The third-order valence-electron chi connectivity index (χ3n) is 5.44. The lowest BCUT2D eigenvalue weighted by atomic mass is 9.89. The number of allylic oxidation sites excluding steroid dienone is 4. The molecule has 0 amide bonds. The molecule has 2 aliphatic carbocycles. The number of anilines is 1. The first kappa shape index (κ1) is 19.5. The summed E-state index contributed by atoms with van der Waals surface area (Å²) in [4.78, 5) is 4.51. The van der Waals surface area contributed by atoms with Crippen molar-refractivity contribution in [2.24, 2.45) is 0 Å². The van der Waals surface area contributed by atoms with Gasteiger partial charge in [0.2, 0.25) is 0 Å². The van der Waals surface area contributed by atoms with E-state index in [9.17, 15) is 0 Å². The van der Waals surface area contributed by atoms with Crippen LogP contribution in [0.2, 0.25) is 0 Å². The minimum Gasteiger partial charge on any atom is -0.366 e. The van der Waals surface area contributed by atoms with E-state index in [4.69, 9.17) is 16.7 Å². The highest BCUT2D eigenvalue weighted by Gasteiger charge is 2.24. The number of halogens is 1. The minimum atomic E-state index is 0.0313. The number of nitrogens with zero attached hydrogens (tertiary/aromatic N) is 3. The molecule has 0 aliphatic heterocycles. The van der Waals surface area contributed by atoms with Gasteiger partial charge in [-0.1, -0.05) is 18.2 Å². The topological polar surface area (TPSA) is 54.2 Å². The van der Waals surface area contributed by atoms with Crippen LogP contribution in [0.3, 0.4) is 0 Å². The van der Waals surface area contributed by atoms with E-state index in [1.165, 1.54) is 18.4 Å². The van der Waals surface area contributed by atoms with Crippen LogP contribution >= 0.6 is 11.6 Å². The van der Waals surface area contributed by atoms with Crippen molar-refractivity contribution in [2.45, 2.75) is 75.9 Å². The summed E-state index contributed by atoms with van der Waals surface area (Å²) in [5.74, 6) is 0.911. The Morgan fingerprint density at radius 3 is 2.57 bits per heavy atom. The SMILES string of the molecule is CC(C)(C)NC1CCC(Nc2ccc3ncc(C4=CC=CC(Cl)C4)n3n2)CC1. The molecular formula is C22H30ClN5. The van der Waals surface area contributed by atoms with Gasteiger partial charge in [0, 0.05) is 17.6 Å². The fourth-order valence-corrected chi connectivity index (χ4v) is 4.45. The number of nitrogens with one attached hydrogen (secondary N) is 2. The third kappa shape index (κ3) is 4.58. The van der Waals surface area contributed by atoms with Gasteiger partial charge in [0.05, 0.1) is 17.3 Å². The Kier molecular flexibility index (Phi) is 5.48. The predicted molar refractivity (Wildman–Crippen MR) is 117 cm³/mol. The second-order valence-electron chi connectivity index (χ2n) is 9.02. The Morgan fingerprint density at radius 1 is 1.11 bits per heavy atom. The highest BCUT2D eigenvalue weighted by molar-refractivity contribution is 6.22. The Bertz CT molecular complexity index is 884. The Hall–Kier alpha value is -1.85. The summed E-state index contributed by atoms with van der Waals surface area (Å²) in [5.41, 5.74) is 3.24. The molecule has 0 saturated heterocycles. The number of rotatable bonds is 4. The number of imidazole rings is 1. The van der Waals surface area contributed by atoms with E-state index in [2.05, 4.69) is 42.5 Å². The predicted octanol–water partition coefficient (Wildman–Crippen LogP) is 4.79. The summed E-state index contributed by atoms with van der Waals surface area (Å²) in [7, 11) is 0. The largest absolute Gasteiger partial charge is 0.366 e. The zero-order chi connectivity index (χ0) is 19.7. The van der Waals surface area contributed by atoms with Crippen LogP contribution in [0.4, 0.5) is 5.82 Å². The van der Waals surface area contributed by atoms with Gasteiger partial charge in [-0.25, -0.2) is 9.50 Å². The molecule has 0 bridgehead atoms. The van der Waals surface area contributed by atoms with E-state index in [1.54, 1.807) is 0 Å². The quantitative estimate of drug-likeness (QED) is 0.725. The van der Waals surface area contributed by atoms with Crippen molar-refractivity contribution in [1.29, 1.82) is 0 Å². The second kappa shape index (κ2) is 7.88. The van der Waals surface area contributed by atoms with E-state index >= 15 is 0 Å². The summed E-state index contributed by atoms with van der Waals surface area (Å²) in [5, 5.41) is 12.2. The molecule has 1 unspecified atom stereocenters. The van der Waals surface area contributed by atoms with Crippen LogP contribution in [-0.2, 0) is 0 Å². The maximum Gasteiger partial charge on any atom is 0.154 e. The number of hydrogen-bond donors (Lipinski definition) is 2. The normalized spacial score (nSPS) is 25.7. The summed E-state index contributed by atoms with van der Waals surface area (Å²) in [6, 6.07) is 5.15. The molecule has 1 saturated carbocycles.